The molecule has 0 aromatic heterocycles. The zero-order valence-electron chi connectivity index (χ0n) is 20.8. The van der Waals surface area contributed by atoms with E-state index in [2.05, 4.69) is 6.58 Å². The molecule has 0 bridgehead atoms. The smallest absolute Gasteiger partial charge is 0.334 e. The SMILES string of the molecule is C=C1C(O)CC2C(C(=O)O)=COC(OC3OC(CO)C(O)C(O)C3OC(=O)C=Cc3ccc(O)c(OC)c3)C12. The summed E-state index contributed by atoms with van der Waals surface area (Å²) in [6.07, 6.45) is -6.66. The molecule has 6 N–H and O–H groups in total. The van der Waals surface area contributed by atoms with Gasteiger partial charge in [-0.05, 0) is 35.8 Å². The van der Waals surface area contributed by atoms with E-state index in [4.69, 9.17) is 23.7 Å². The minimum absolute atomic E-state index is 0.0717. The number of carboxylic acids is 1. The fraction of sp³-hybridized carbons (Fsp3) is 0.462. The number of esters is 1. The van der Waals surface area contributed by atoms with E-state index in [-0.39, 0.29) is 29.1 Å². The number of carbonyl (C=O) groups is 2. The number of hydrogen-bond donors (Lipinski definition) is 6. The standard InChI is InChI=1S/C26H30O13/c1-11-16(29)8-13-14(24(33)34)10-36-25(20(11)13)39-26-23(22(32)21(31)18(9-27)37-26)38-19(30)6-4-12-3-5-15(28)17(7-12)35-2/h3-7,10,13,16,18,20-23,25-29,31-32H,1,8-9H2,2H3,(H,33,34). The largest absolute Gasteiger partial charge is 0.504 e. The van der Waals surface area contributed by atoms with Gasteiger partial charge in [-0.3, -0.25) is 0 Å². The Balaban J connectivity index is 1.54. The minimum atomic E-state index is -1.74. The number of benzene rings is 1. The molecule has 1 aromatic carbocycles. The number of rotatable bonds is 8. The van der Waals surface area contributed by atoms with Crippen LogP contribution in [0.2, 0.25) is 0 Å². The average Bonchev–Trinajstić information content (AvgIpc) is 3.21. The lowest BCUT2D eigenvalue weighted by atomic mass is 9.85. The number of aliphatic hydroxyl groups excluding tert-OH is 4. The molecular formula is C26H30O13. The van der Waals surface area contributed by atoms with E-state index in [1.54, 1.807) is 0 Å². The lowest BCUT2D eigenvalue weighted by Gasteiger charge is -2.43. The van der Waals surface area contributed by atoms with Gasteiger partial charge in [-0.1, -0.05) is 12.6 Å². The van der Waals surface area contributed by atoms with Gasteiger partial charge in [-0.15, -0.1) is 0 Å². The maximum atomic E-state index is 12.6. The maximum Gasteiger partial charge on any atom is 0.334 e. The molecule has 9 unspecified atom stereocenters. The van der Waals surface area contributed by atoms with Crippen LogP contribution in [0.1, 0.15) is 12.0 Å². The number of ether oxygens (including phenoxy) is 5. The van der Waals surface area contributed by atoms with Crippen molar-refractivity contribution in [1.29, 1.82) is 0 Å². The molecule has 2 heterocycles. The van der Waals surface area contributed by atoms with E-state index >= 15 is 0 Å². The van der Waals surface area contributed by atoms with E-state index < -0.39 is 73.5 Å². The molecule has 1 saturated heterocycles. The number of phenols is 1. The molecule has 0 spiro atoms. The summed E-state index contributed by atoms with van der Waals surface area (Å²) in [6, 6.07) is 4.35. The number of aromatic hydroxyl groups is 1. The first-order valence-electron chi connectivity index (χ1n) is 12.0. The third kappa shape index (κ3) is 5.78. The Morgan fingerprint density at radius 1 is 1.18 bits per heavy atom. The van der Waals surface area contributed by atoms with Gasteiger partial charge in [0.05, 0.1) is 37.6 Å². The third-order valence-electron chi connectivity index (χ3n) is 7.00. The van der Waals surface area contributed by atoms with Gasteiger partial charge in [0.2, 0.25) is 12.6 Å². The van der Waals surface area contributed by atoms with Crippen LogP contribution in [-0.2, 0) is 28.5 Å². The van der Waals surface area contributed by atoms with E-state index in [0.717, 1.165) is 12.3 Å². The van der Waals surface area contributed by atoms with Crippen LogP contribution in [0.15, 0.2) is 48.3 Å². The summed E-state index contributed by atoms with van der Waals surface area (Å²) in [5.74, 6) is -3.60. The van der Waals surface area contributed by atoms with Crippen molar-refractivity contribution in [2.24, 2.45) is 11.8 Å². The average molecular weight is 551 g/mol. The molecule has 13 heteroatoms. The van der Waals surface area contributed by atoms with Crippen molar-refractivity contribution in [2.45, 2.75) is 49.5 Å². The molecule has 1 aromatic rings. The number of carbonyl (C=O) groups excluding carboxylic acids is 1. The van der Waals surface area contributed by atoms with Crippen molar-refractivity contribution in [1.82, 2.24) is 0 Å². The van der Waals surface area contributed by atoms with Crippen LogP contribution in [0.25, 0.3) is 6.08 Å². The van der Waals surface area contributed by atoms with Gasteiger partial charge in [0.15, 0.2) is 17.6 Å². The van der Waals surface area contributed by atoms with E-state index in [1.165, 1.54) is 31.4 Å². The number of fused-ring (bicyclic) bond motifs is 1. The van der Waals surface area contributed by atoms with Crippen LogP contribution >= 0.6 is 0 Å². The van der Waals surface area contributed by atoms with Crippen LogP contribution in [0.4, 0.5) is 0 Å². The van der Waals surface area contributed by atoms with Gasteiger partial charge in [0, 0.05) is 12.0 Å². The predicted octanol–water partition coefficient (Wildman–Crippen LogP) is -0.341. The molecule has 13 nitrogen and oxygen atoms in total. The second kappa shape index (κ2) is 11.7. The van der Waals surface area contributed by atoms with Crippen LogP contribution in [0.5, 0.6) is 11.5 Å². The monoisotopic (exact) mass is 550 g/mol. The number of phenolic OH excluding ortho intramolecular Hbond substituents is 1. The normalized spacial score (nSPS) is 34.2. The minimum Gasteiger partial charge on any atom is -0.504 e. The molecule has 9 atom stereocenters. The Labute approximate surface area is 222 Å². The first-order chi connectivity index (χ1) is 18.5. The molecule has 0 amide bonds. The van der Waals surface area contributed by atoms with E-state index in [9.17, 15) is 40.2 Å². The Bertz CT molecular complexity index is 1160. The zero-order chi connectivity index (χ0) is 28.4. The number of hydrogen-bond acceptors (Lipinski definition) is 12. The number of carboxylic acid groups (broad SMARTS) is 1. The molecule has 212 valence electrons. The number of aliphatic hydroxyl groups is 4. The van der Waals surface area contributed by atoms with Crippen molar-refractivity contribution in [3.63, 3.8) is 0 Å². The summed E-state index contributed by atoms with van der Waals surface area (Å²) in [6.45, 7) is 3.13. The van der Waals surface area contributed by atoms with Crippen molar-refractivity contribution >= 4 is 18.0 Å². The summed E-state index contributed by atoms with van der Waals surface area (Å²) in [7, 11) is 1.37. The molecule has 3 aliphatic rings. The van der Waals surface area contributed by atoms with E-state index in [0.29, 0.717) is 5.56 Å². The summed E-state index contributed by atoms with van der Waals surface area (Å²) in [5, 5.41) is 60.2. The second-order valence-electron chi connectivity index (χ2n) is 9.35. The highest BCUT2D eigenvalue weighted by Crippen LogP contribution is 2.46. The second-order valence-corrected chi connectivity index (χ2v) is 9.35. The molecule has 1 aliphatic carbocycles. The molecular weight excluding hydrogens is 520 g/mol. The predicted molar refractivity (Wildman–Crippen MR) is 130 cm³/mol. The maximum absolute atomic E-state index is 12.6. The highest BCUT2D eigenvalue weighted by atomic mass is 16.8. The van der Waals surface area contributed by atoms with Gasteiger partial charge >= 0.3 is 11.9 Å². The van der Waals surface area contributed by atoms with Crippen LogP contribution in [0, 0.1) is 11.8 Å². The van der Waals surface area contributed by atoms with E-state index in [1.807, 2.05) is 0 Å². The van der Waals surface area contributed by atoms with Gasteiger partial charge in [0.1, 0.15) is 18.3 Å². The quantitative estimate of drug-likeness (QED) is 0.140. The van der Waals surface area contributed by atoms with Gasteiger partial charge in [-0.2, -0.15) is 0 Å². The first kappa shape index (κ1) is 28.5. The fourth-order valence-electron chi connectivity index (χ4n) is 4.90. The van der Waals surface area contributed by atoms with Crippen LogP contribution in [-0.4, -0.2) is 99.4 Å². The van der Waals surface area contributed by atoms with Crippen molar-refractivity contribution < 1.29 is 63.9 Å². The number of aliphatic carboxylic acids is 1. The lowest BCUT2D eigenvalue weighted by Crippen LogP contribution is -2.61. The number of methoxy groups -OCH3 is 1. The topological polar surface area (TPSA) is 202 Å². The highest BCUT2D eigenvalue weighted by molar-refractivity contribution is 5.88. The van der Waals surface area contributed by atoms with Crippen molar-refractivity contribution in [2.75, 3.05) is 13.7 Å². The van der Waals surface area contributed by atoms with Crippen LogP contribution in [0.3, 0.4) is 0 Å². The molecule has 2 fully saturated rings. The molecule has 0 radical (unpaired) electrons. The van der Waals surface area contributed by atoms with Gasteiger partial charge in [-0.25, -0.2) is 9.59 Å². The van der Waals surface area contributed by atoms with Crippen molar-refractivity contribution in [3.8, 4) is 11.5 Å². The summed E-state index contributed by atoms with van der Waals surface area (Å²) < 4.78 is 27.4. The lowest BCUT2D eigenvalue weighted by molar-refractivity contribution is -0.340. The Kier molecular flexibility index (Phi) is 8.59. The summed E-state index contributed by atoms with van der Waals surface area (Å²) in [5.41, 5.74) is 0.675. The highest BCUT2D eigenvalue weighted by Gasteiger charge is 2.53. The van der Waals surface area contributed by atoms with Crippen molar-refractivity contribution in [3.05, 3.63) is 53.8 Å². The molecule has 4 rings (SSSR count). The summed E-state index contributed by atoms with van der Waals surface area (Å²) >= 11 is 0. The summed E-state index contributed by atoms with van der Waals surface area (Å²) in [4.78, 5) is 24.3. The molecule has 2 aliphatic heterocycles. The Morgan fingerprint density at radius 3 is 2.59 bits per heavy atom. The first-order valence-corrected chi connectivity index (χ1v) is 12.0. The zero-order valence-corrected chi connectivity index (χ0v) is 20.8. The molecule has 39 heavy (non-hydrogen) atoms. The van der Waals surface area contributed by atoms with Crippen LogP contribution < -0.4 is 4.74 Å². The molecule has 1 saturated carbocycles. The van der Waals surface area contributed by atoms with Gasteiger partial charge < -0.3 is 54.3 Å². The van der Waals surface area contributed by atoms with Gasteiger partial charge in [0.25, 0.3) is 0 Å². The Hall–Kier alpha value is -3.46. The Morgan fingerprint density at radius 2 is 1.92 bits per heavy atom. The fourth-order valence-corrected chi connectivity index (χ4v) is 4.90. The third-order valence-corrected chi connectivity index (χ3v) is 7.00.